The highest BCUT2D eigenvalue weighted by Gasteiger charge is 2.28. The maximum Gasteiger partial charge on any atom is 0.244 e. The van der Waals surface area contributed by atoms with Crippen molar-refractivity contribution in [1.29, 1.82) is 0 Å². The summed E-state index contributed by atoms with van der Waals surface area (Å²) in [4.78, 5) is 12.4. The SMILES string of the molecule is C[C@@](N)(Cc1ccc(Br)cc1)C(=O)Nc1cc(Cl)cc(Cl)c1. The number of nitrogens with two attached hydrogens (primary N) is 1. The zero-order valence-corrected chi connectivity index (χ0v) is 15.0. The van der Waals surface area contributed by atoms with Crippen LogP contribution in [0, 0.1) is 0 Å². The average molecular weight is 402 g/mol. The Hall–Kier alpha value is -1.07. The number of benzene rings is 2. The van der Waals surface area contributed by atoms with E-state index in [0.29, 0.717) is 22.2 Å². The molecule has 1 amide bonds. The molecule has 2 aromatic rings. The van der Waals surface area contributed by atoms with E-state index in [9.17, 15) is 4.79 Å². The van der Waals surface area contributed by atoms with E-state index < -0.39 is 5.54 Å². The minimum absolute atomic E-state index is 0.297. The Kier molecular flexibility index (Phi) is 5.50. The molecule has 2 rings (SSSR count). The average Bonchev–Trinajstić information content (AvgIpc) is 2.40. The number of anilines is 1. The molecule has 0 aliphatic heterocycles. The lowest BCUT2D eigenvalue weighted by atomic mass is 9.93. The van der Waals surface area contributed by atoms with Gasteiger partial charge in [-0.15, -0.1) is 0 Å². The molecule has 0 aromatic heterocycles. The van der Waals surface area contributed by atoms with E-state index in [1.807, 2.05) is 24.3 Å². The second-order valence-electron chi connectivity index (χ2n) is 5.33. The molecular weight excluding hydrogens is 387 g/mol. The zero-order chi connectivity index (χ0) is 16.3. The smallest absolute Gasteiger partial charge is 0.244 e. The Morgan fingerprint density at radius 3 is 2.27 bits per heavy atom. The van der Waals surface area contributed by atoms with E-state index in [-0.39, 0.29) is 5.91 Å². The third kappa shape index (κ3) is 4.71. The van der Waals surface area contributed by atoms with Crippen molar-refractivity contribution < 1.29 is 4.79 Å². The molecule has 0 bridgehead atoms. The number of hydrogen-bond acceptors (Lipinski definition) is 2. The van der Waals surface area contributed by atoms with E-state index in [1.165, 1.54) is 0 Å². The fourth-order valence-corrected chi connectivity index (χ4v) is 2.80. The van der Waals surface area contributed by atoms with Crippen LogP contribution in [-0.2, 0) is 11.2 Å². The molecule has 0 unspecified atom stereocenters. The summed E-state index contributed by atoms with van der Waals surface area (Å²) in [5.41, 5.74) is 6.61. The molecule has 0 radical (unpaired) electrons. The quantitative estimate of drug-likeness (QED) is 0.782. The Bertz CT molecular complexity index is 667. The summed E-state index contributed by atoms with van der Waals surface area (Å²) in [7, 11) is 0. The topological polar surface area (TPSA) is 55.1 Å². The van der Waals surface area contributed by atoms with E-state index in [1.54, 1.807) is 25.1 Å². The molecule has 22 heavy (non-hydrogen) atoms. The first-order valence-corrected chi connectivity index (χ1v) is 8.12. The lowest BCUT2D eigenvalue weighted by Crippen LogP contribution is -2.50. The summed E-state index contributed by atoms with van der Waals surface area (Å²) >= 11 is 15.2. The van der Waals surface area contributed by atoms with Crippen molar-refractivity contribution in [2.24, 2.45) is 5.73 Å². The lowest BCUT2D eigenvalue weighted by Gasteiger charge is -2.24. The van der Waals surface area contributed by atoms with Crippen molar-refractivity contribution >= 4 is 50.7 Å². The number of rotatable bonds is 4. The van der Waals surface area contributed by atoms with E-state index in [4.69, 9.17) is 28.9 Å². The molecule has 2 aromatic carbocycles. The van der Waals surface area contributed by atoms with Crippen molar-refractivity contribution in [2.45, 2.75) is 18.9 Å². The van der Waals surface area contributed by atoms with Gasteiger partial charge in [0.05, 0.1) is 5.54 Å². The van der Waals surface area contributed by atoms with Crippen LogP contribution in [0.15, 0.2) is 46.9 Å². The van der Waals surface area contributed by atoms with E-state index in [2.05, 4.69) is 21.2 Å². The summed E-state index contributed by atoms with van der Waals surface area (Å²) < 4.78 is 0.980. The molecule has 0 heterocycles. The van der Waals surface area contributed by atoms with Gasteiger partial charge in [-0.1, -0.05) is 51.3 Å². The summed E-state index contributed by atoms with van der Waals surface area (Å²) in [5, 5.41) is 3.66. The molecule has 3 N–H and O–H groups in total. The van der Waals surface area contributed by atoms with Gasteiger partial charge in [0.2, 0.25) is 5.91 Å². The van der Waals surface area contributed by atoms with Gasteiger partial charge in [-0.05, 0) is 49.2 Å². The second kappa shape index (κ2) is 7.01. The zero-order valence-electron chi connectivity index (χ0n) is 11.9. The van der Waals surface area contributed by atoms with Crippen LogP contribution in [0.4, 0.5) is 5.69 Å². The summed E-state index contributed by atoms with van der Waals surface area (Å²) in [6.45, 7) is 1.69. The summed E-state index contributed by atoms with van der Waals surface area (Å²) in [6.07, 6.45) is 0.417. The van der Waals surface area contributed by atoms with Gasteiger partial charge in [0.25, 0.3) is 0 Å². The van der Waals surface area contributed by atoms with Crippen LogP contribution in [0.2, 0.25) is 10.0 Å². The van der Waals surface area contributed by atoms with E-state index in [0.717, 1.165) is 10.0 Å². The molecule has 1 atom stereocenters. The lowest BCUT2D eigenvalue weighted by molar-refractivity contribution is -0.120. The van der Waals surface area contributed by atoms with Crippen LogP contribution in [0.5, 0.6) is 0 Å². The first-order valence-electron chi connectivity index (χ1n) is 6.57. The van der Waals surface area contributed by atoms with Crippen LogP contribution >= 0.6 is 39.1 Å². The highest BCUT2D eigenvalue weighted by molar-refractivity contribution is 9.10. The largest absolute Gasteiger partial charge is 0.324 e. The van der Waals surface area contributed by atoms with Gasteiger partial charge in [-0.3, -0.25) is 4.79 Å². The molecule has 3 nitrogen and oxygen atoms in total. The van der Waals surface area contributed by atoms with E-state index >= 15 is 0 Å². The third-order valence-electron chi connectivity index (χ3n) is 3.12. The van der Waals surface area contributed by atoms with Gasteiger partial charge in [-0.2, -0.15) is 0 Å². The predicted molar refractivity (Wildman–Crippen MR) is 95.5 cm³/mol. The van der Waals surface area contributed by atoms with Gasteiger partial charge < -0.3 is 11.1 Å². The highest BCUT2D eigenvalue weighted by atomic mass is 79.9. The monoisotopic (exact) mass is 400 g/mol. The van der Waals surface area contributed by atoms with Crippen molar-refractivity contribution in [3.8, 4) is 0 Å². The minimum Gasteiger partial charge on any atom is -0.324 e. The third-order valence-corrected chi connectivity index (χ3v) is 4.09. The van der Waals surface area contributed by atoms with Gasteiger partial charge >= 0.3 is 0 Å². The molecule has 0 aliphatic rings. The second-order valence-corrected chi connectivity index (χ2v) is 7.12. The first kappa shape index (κ1) is 17.3. The molecular formula is C16H15BrCl2N2O. The van der Waals surface area contributed by atoms with Gasteiger partial charge in [0, 0.05) is 20.2 Å². The molecule has 0 fully saturated rings. The normalized spacial score (nSPS) is 13.5. The predicted octanol–water partition coefficient (Wildman–Crippen LogP) is 4.65. The van der Waals surface area contributed by atoms with Crippen LogP contribution < -0.4 is 11.1 Å². The number of halogens is 3. The maximum atomic E-state index is 12.4. The number of carbonyl (C=O) groups is 1. The summed E-state index contributed by atoms with van der Waals surface area (Å²) in [5.74, 6) is -0.297. The van der Waals surface area contributed by atoms with Gasteiger partial charge in [0.15, 0.2) is 0 Å². The number of carbonyl (C=O) groups excluding carboxylic acids is 1. The minimum atomic E-state index is -1.05. The van der Waals surface area contributed by atoms with Gasteiger partial charge in [0.1, 0.15) is 0 Å². The highest BCUT2D eigenvalue weighted by Crippen LogP contribution is 2.23. The molecule has 116 valence electrons. The van der Waals surface area contributed by atoms with Crippen molar-refractivity contribution in [3.05, 3.63) is 62.5 Å². The number of amides is 1. The van der Waals surface area contributed by atoms with Crippen LogP contribution in [0.1, 0.15) is 12.5 Å². The maximum absolute atomic E-state index is 12.4. The molecule has 0 saturated heterocycles. The Labute approximate surface area is 147 Å². The Morgan fingerprint density at radius 1 is 1.18 bits per heavy atom. The van der Waals surface area contributed by atoms with Crippen LogP contribution in [-0.4, -0.2) is 11.4 Å². The van der Waals surface area contributed by atoms with Crippen molar-refractivity contribution in [3.63, 3.8) is 0 Å². The Balaban J connectivity index is 2.11. The fraction of sp³-hybridized carbons (Fsp3) is 0.188. The molecule has 0 aliphatic carbocycles. The van der Waals surface area contributed by atoms with Crippen molar-refractivity contribution in [2.75, 3.05) is 5.32 Å². The molecule has 0 spiro atoms. The standard InChI is InChI=1S/C16H15BrCl2N2O/c1-16(20,9-10-2-4-11(17)5-3-10)15(22)21-14-7-12(18)6-13(19)8-14/h2-8H,9,20H2,1H3,(H,21,22)/t16-/m1/s1. The number of nitrogens with one attached hydrogen (secondary N) is 1. The first-order chi connectivity index (χ1) is 10.3. The van der Waals surface area contributed by atoms with Crippen LogP contribution in [0.3, 0.4) is 0 Å². The Morgan fingerprint density at radius 2 is 1.73 bits per heavy atom. The van der Waals surface area contributed by atoms with Crippen LogP contribution in [0.25, 0.3) is 0 Å². The molecule has 0 saturated carbocycles. The van der Waals surface area contributed by atoms with Crippen molar-refractivity contribution in [1.82, 2.24) is 0 Å². The fourth-order valence-electron chi connectivity index (χ4n) is 2.01. The van der Waals surface area contributed by atoms with Gasteiger partial charge in [-0.25, -0.2) is 0 Å². The summed E-state index contributed by atoms with van der Waals surface area (Å²) in [6, 6.07) is 12.5. The number of hydrogen-bond donors (Lipinski definition) is 2. The molecule has 6 heteroatoms.